The molecule has 2 aliphatic heterocycles. The summed E-state index contributed by atoms with van der Waals surface area (Å²) >= 11 is 0. The maximum absolute atomic E-state index is 12.2. The summed E-state index contributed by atoms with van der Waals surface area (Å²) in [6, 6.07) is 5.97. The molecule has 3 atom stereocenters. The standard InChI is InChI=1S/C18H15N5O2/c1-11(24)13-4-5-14-18(9-19,10-20)15(12-3-2-6-22-7-12)16(17(21)25)23(14)8-13/h2-8,14-16H,1H3,(H2,21,25)/t14-,15+,16-/m0/s1. The van der Waals surface area contributed by atoms with Gasteiger partial charge in [0.25, 0.3) is 0 Å². The molecule has 2 aliphatic rings. The lowest BCUT2D eigenvalue weighted by molar-refractivity contribution is -0.122. The fourth-order valence-corrected chi connectivity index (χ4v) is 3.64. The largest absolute Gasteiger partial charge is 0.368 e. The van der Waals surface area contributed by atoms with Crippen molar-refractivity contribution in [2.24, 2.45) is 11.1 Å². The molecule has 3 rings (SSSR count). The van der Waals surface area contributed by atoms with Crippen molar-refractivity contribution in [2.45, 2.75) is 24.9 Å². The molecule has 0 spiro atoms. The number of allylic oxidation sites excluding steroid dienone is 2. The van der Waals surface area contributed by atoms with E-state index >= 15 is 0 Å². The van der Waals surface area contributed by atoms with Crippen LogP contribution in [0.5, 0.6) is 0 Å². The Bertz CT molecular complexity index is 861. The van der Waals surface area contributed by atoms with E-state index < -0.39 is 29.3 Å². The molecule has 0 radical (unpaired) electrons. The maximum Gasteiger partial charge on any atom is 0.240 e. The van der Waals surface area contributed by atoms with Crippen molar-refractivity contribution in [2.75, 3.05) is 0 Å². The van der Waals surface area contributed by atoms with E-state index in [1.165, 1.54) is 19.3 Å². The normalized spacial score (nSPS) is 26.1. The summed E-state index contributed by atoms with van der Waals surface area (Å²) in [5, 5.41) is 19.7. The van der Waals surface area contributed by atoms with Gasteiger partial charge in [0.15, 0.2) is 11.2 Å². The van der Waals surface area contributed by atoms with Gasteiger partial charge in [0.1, 0.15) is 6.04 Å². The third-order valence-electron chi connectivity index (χ3n) is 4.77. The average Bonchev–Trinajstić information content (AvgIpc) is 2.92. The molecule has 1 aromatic heterocycles. The number of nitrogens with zero attached hydrogens (tertiary/aromatic N) is 4. The summed E-state index contributed by atoms with van der Waals surface area (Å²) < 4.78 is 0. The number of Topliss-reactive ketones (excluding diaryl/α,β-unsaturated/α-hetero) is 1. The number of nitriles is 2. The van der Waals surface area contributed by atoms with E-state index in [2.05, 4.69) is 17.1 Å². The van der Waals surface area contributed by atoms with Crippen molar-refractivity contribution in [1.29, 1.82) is 10.5 Å². The Labute approximate surface area is 144 Å². The molecule has 0 aliphatic carbocycles. The number of pyridine rings is 1. The van der Waals surface area contributed by atoms with Crippen molar-refractivity contribution in [3.63, 3.8) is 0 Å². The van der Waals surface area contributed by atoms with E-state index in [0.29, 0.717) is 11.1 Å². The minimum Gasteiger partial charge on any atom is -0.368 e. The summed E-state index contributed by atoms with van der Waals surface area (Å²) in [6.45, 7) is 1.41. The molecule has 0 aromatic carbocycles. The molecule has 1 amide bonds. The van der Waals surface area contributed by atoms with Crippen LogP contribution in [-0.2, 0) is 9.59 Å². The number of ketones is 1. The van der Waals surface area contributed by atoms with E-state index in [1.807, 2.05) is 0 Å². The Hall–Kier alpha value is -3.45. The Morgan fingerprint density at radius 1 is 1.36 bits per heavy atom. The number of rotatable bonds is 3. The summed E-state index contributed by atoms with van der Waals surface area (Å²) in [7, 11) is 0. The van der Waals surface area contributed by atoms with Crippen LogP contribution in [0.2, 0.25) is 0 Å². The van der Waals surface area contributed by atoms with Gasteiger partial charge in [0, 0.05) is 30.1 Å². The minimum atomic E-state index is -1.53. The van der Waals surface area contributed by atoms with E-state index in [1.54, 1.807) is 35.4 Å². The van der Waals surface area contributed by atoms with Crippen molar-refractivity contribution < 1.29 is 9.59 Å². The molecule has 1 saturated heterocycles. The third kappa shape index (κ3) is 2.29. The van der Waals surface area contributed by atoms with Crippen LogP contribution in [0.1, 0.15) is 18.4 Å². The first kappa shape index (κ1) is 16.4. The van der Waals surface area contributed by atoms with E-state index in [4.69, 9.17) is 5.73 Å². The molecule has 0 saturated carbocycles. The van der Waals surface area contributed by atoms with Crippen LogP contribution in [0.3, 0.4) is 0 Å². The maximum atomic E-state index is 12.2. The predicted octanol–water partition coefficient (Wildman–Crippen LogP) is 0.780. The molecule has 1 aromatic rings. The predicted molar refractivity (Wildman–Crippen MR) is 87.2 cm³/mol. The summed E-state index contributed by atoms with van der Waals surface area (Å²) in [5.74, 6) is -1.63. The van der Waals surface area contributed by atoms with Gasteiger partial charge in [-0.25, -0.2) is 0 Å². The average molecular weight is 333 g/mol. The highest BCUT2D eigenvalue weighted by atomic mass is 16.1. The molecular weight excluding hydrogens is 318 g/mol. The van der Waals surface area contributed by atoms with Crippen molar-refractivity contribution in [3.05, 3.63) is 54.0 Å². The Balaban J connectivity index is 2.24. The van der Waals surface area contributed by atoms with Gasteiger partial charge >= 0.3 is 0 Å². The highest BCUT2D eigenvalue weighted by molar-refractivity contribution is 5.96. The second kappa shape index (κ2) is 5.88. The number of carbonyl (C=O) groups excluding carboxylic acids is 2. The van der Waals surface area contributed by atoms with E-state index in [0.717, 1.165) is 0 Å². The highest BCUT2D eigenvalue weighted by Gasteiger charge is 2.62. The number of primary amides is 1. The first-order valence-corrected chi connectivity index (χ1v) is 7.66. The second-order valence-corrected chi connectivity index (χ2v) is 6.10. The topological polar surface area (TPSA) is 124 Å². The molecule has 0 bridgehead atoms. The number of carbonyl (C=O) groups is 2. The summed E-state index contributed by atoms with van der Waals surface area (Å²) in [4.78, 5) is 29.6. The smallest absolute Gasteiger partial charge is 0.240 e. The number of amides is 1. The fourth-order valence-electron chi connectivity index (χ4n) is 3.64. The first-order chi connectivity index (χ1) is 12.0. The van der Waals surface area contributed by atoms with Crippen LogP contribution in [0.4, 0.5) is 0 Å². The monoisotopic (exact) mass is 333 g/mol. The van der Waals surface area contributed by atoms with Gasteiger partial charge in [0.2, 0.25) is 5.91 Å². The Kier molecular flexibility index (Phi) is 3.86. The molecule has 7 nitrogen and oxygen atoms in total. The molecular formula is C18H15N5O2. The molecule has 7 heteroatoms. The van der Waals surface area contributed by atoms with Crippen molar-refractivity contribution in [1.82, 2.24) is 9.88 Å². The molecule has 1 fully saturated rings. The van der Waals surface area contributed by atoms with Gasteiger partial charge in [-0.2, -0.15) is 10.5 Å². The van der Waals surface area contributed by atoms with Crippen molar-refractivity contribution >= 4 is 11.7 Å². The fraction of sp³-hybridized carbons (Fsp3) is 0.278. The van der Waals surface area contributed by atoms with Gasteiger partial charge in [-0.05, 0) is 18.6 Å². The highest BCUT2D eigenvalue weighted by Crippen LogP contribution is 2.52. The number of nitrogens with two attached hydrogens (primary N) is 1. The number of aromatic nitrogens is 1. The SMILES string of the molecule is CC(=O)C1=CN2[C@H](C(N)=O)[C@@H](c3cccnc3)C(C#N)(C#N)[C@@H]2C=C1. The van der Waals surface area contributed by atoms with E-state index in [-0.39, 0.29) is 5.78 Å². The zero-order valence-electron chi connectivity index (χ0n) is 13.5. The van der Waals surface area contributed by atoms with Gasteiger partial charge in [-0.15, -0.1) is 0 Å². The van der Waals surface area contributed by atoms with Crippen LogP contribution in [0.25, 0.3) is 0 Å². The molecule has 0 unspecified atom stereocenters. The first-order valence-electron chi connectivity index (χ1n) is 7.66. The lowest BCUT2D eigenvalue weighted by Gasteiger charge is -2.30. The molecule has 25 heavy (non-hydrogen) atoms. The van der Waals surface area contributed by atoms with Crippen LogP contribution in [0.15, 0.2) is 48.5 Å². The van der Waals surface area contributed by atoms with Gasteiger partial charge in [-0.1, -0.05) is 18.2 Å². The molecule has 2 N–H and O–H groups in total. The third-order valence-corrected chi connectivity index (χ3v) is 4.77. The Morgan fingerprint density at radius 3 is 2.60 bits per heavy atom. The zero-order chi connectivity index (χ0) is 18.2. The quantitative estimate of drug-likeness (QED) is 0.871. The second-order valence-electron chi connectivity index (χ2n) is 6.10. The zero-order valence-corrected chi connectivity index (χ0v) is 13.5. The molecule has 124 valence electrons. The van der Waals surface area contributed by atoms with Crippen LogP contribution in [0, 0.1) is 28.1 Å². The van der Waals surface area contributed by atoms with Gasteiger partial charge in [-0.3, -0.25) is 14.6 Å². The van der Waals surface area contributed by atoms with Crippen LogP contribution >= 0.6 is 0 Å². The Morgan fingerprint density at radius 2 is 2.08 bits per heavy atom. The van der Waals surface area contributed by atoms with Gasteiger partial charge < -0.3 is 10.6 Å². The van der Waals surface area contributed by atoms with Crippen LogP contribution in [-0.4, -0.2) is 33.7 Å². The summed E-state index contributed by atoms with van der Waals surface area (Å²) in [5.41, 5.74) is 5.06. The minimum absolute atomic E-state index is 0.178. The number of hydrogen-bond acceptors (Lipinski definition) is 6. The van der Waals surface area contributed by atoms with Crippen LogP contribution < -0.4 is 5.73 Å². The number of hydrogen-bond donors (Lipinski definition) is 1. The molecule has 3 heterocycles. The van der Waals surface area contributed by atoms with Crippen molar-refractivity contribution in [3.8, 4) is 12.1 Å². The summed E-state index contributed by atoms with van der Waals surface area (Å²) in [6.07, 6.45) is 7.81. The lowest BCUT2D eigenvalue weighted by atomic mass is 9.70. The lowest BCUT2D eigenvalue weighted by Crippen LogP contribution is -2.43. The van der Waals surface area contributed by atoms with E-state index in [9.17, 15) is 20.1 Å². The number of fused-ring (bicyclic) bond motifs is 1. The van der Waals surface area contributed by atoms with Gasteiger partial charge in [0.05, 0.1) is 18.2 Å².